The van der Waals surface area contributed by atoms with Gasteiger partial charge < -0.3 is 9.84 Å². The molecule has 0 aliphatic rings. The first-order chi connectivity index (χ1) is 15.1. The third-order valence-electron chi connectivity index (χ3n) is 4.97. The third-order valence-corrected chi connectivity index (χ3v) is 4.97. The molecule has 1 amide bonds. The number of hydrogen-bond donors (Lipinski definition) is 1. The minimum Gasteiger partial charge on any atom is -0.348 e. The molecular weight excluding hydrogens is 394 g/mol. The van der Waals surface area contributed by atoms with Crippen LogP contribution in [0.3, 0.4) is 0 Å². The molecule has 0 saturated heterocycles. The number of carbonyl (C=O) groups excluding carboxylic acids is 1. The van der Waals surface area contributed by atoms with Crippen LogP contribution in [0.1, 0.15) is 21.6 Å². The highest BCUT2D eigenvalue weighted by atomic mass is 16.5. The van der Waals surface area contributed by atoms with Crippen LogP contribution in [0.25, 0.3) is 28.0 Å². The predicted molar refractivity (Wildman–Crippen MR) is 113 cm³/mol. The molecule has 0 bridgehead atoms. The highest BCUT2D eigenvalue weighted by Crippen LogP contribution is 2.26. The number of para-hydroxylation sites is 1. The van der Waals surface area contributed by atoms with Crippen molar-refractivity contribution in [3.05, 3.63) is 78.0 Å². The summed E-state index contributed by atoms with van der Waals surface area (Å²) < 4.78 is 8.79. The first kappa shape index (κ1) is 18.7. The molecule has 9 nitrogen and oxygen atoms in total. The molecule has 4 aromatic heterocycles. The molecular formula is C22H19N7O2. The number of nitrogens with zero attached hydrogens (tertiary/aromatic N) is 6. The lowest BCUT2D eigenvalue weighted by atomic mass is 10.1. The van der Waals surface area contributed by atoms with Gasteiger partial charge in [-0.3, -0.25) is 9.48 Å². The molecule has 0 atom stereocenters. The highest BCUT2D eigenvalue weighted by Gasteiger charge is 2.20. The van der Waals surface area contributed by atoms with Gasteiger partial charge in [-0.15, -0.1) is 0 Å². The fraction of sp³-hybridized carbons (Fsp3) is 0.136. The van der Waals surface area contributed by atoms with E-state index in [4.69, 9.17) is 4.52 Å². The van der Waals surface area contributed by atoms with Gasteiger partial charge >= 0.3 is 0 Å². The SMILES string of the molecule is Cc1noc2nc(-c3cnn(C)c3)cc(C(=O)NCc3cnn(-c4ccccc4)c3)c12. The van der Waals surface area contributed by atoms with Crippen LogP contribution in [0, 0.1) is 6.92 Å². The van der Waals surface area contributed by atoms with E-state index in [1.54, 1.807) is 34.7 Å². The minimum atomic E-state index is -0.240. The normalized spacial score (nSPS) is 11.2. The van der Waals surface area contributed by atoms with Gasteiger partial charge in [0.15, 0.2) is 0 Å². The highest BCUT2D eigenvalue weighted by molar-refractivity contribution is 6.06. The number of rotatable bonds is 5. The second kappa shape index (κ2) is 7.52. The lowest BCUT2D eigenvalue weighted by Crippen LogP contribution is -2.23. The Morgan fingerprint density at radius 3 is 2.74 bits per heavy atom. The van der Waals surface area contributed by atoms with Gasteiger partial charge in [-0.25, -0.2) is 9.67 Å². The number of amides is 1. The van der Waals surface area contributed by atoms with Crippen LogP contribution in [-0.4, -0.2) is 35.6 Å². The van der Waals surface area contributed by atoms with Crippen LogP contribution >= 0.6 is 0 Å². The maximum Gasteiger partial charge on any atom is 0.259 e. The number of aromatic nitrogens is 6. The molecule has 1 aromatic carbocycles. The predicted octanol–water partition coefficient (Wildman–Crippen LogP) is 3.05. The molecule has 4 heterocycles. The molecule has 154 valence electrons. The Kier molecular flexibility index (Phi) is 4.55. The van der Waals surface area contributed by atoms with Gasteiger partial charge in [-0.1, -0.05) is 23.4 Å². The molecule has 0 aliphatic carbocycles. The third kappa shape index (κ3) is 3.57. The van der Waals surface area contributed by atoms with Crippen molar-refractivity contribution in [1.82, 2.24) is 35.0 Å². The molecule has 1 N–H and O–H groups in total. The van der Waals surface area contributed by atoms with Crippen molar-refractivity contribution in [2.45, 2.75) is 13.5 Å². The van der Waals surface area contributed by atoms with Gasteiger partial charge in [0.1, 0.15) is 0 Å². The Bertz CT molecular complexity index is 1380. The van der Waals surface area contributed by atoms with E-state index in [1.807, 2.05) is 49.8 Å². The molecule has 0 radical (unpaired) electrons. The summed E-state index contributed by atoms with van der Waals surface area (Å²) in [5, 5.41) is 16.1. The largest absolute Gasteiger partial charge is 0.348 e. The van der Waals surface area contributed by atoms with Crippen molar-refractivity contribution in [2.24, 2.45) is 7.05 Å². The molecule has 31 heavy (non-hydrogen) atoms. The van der Waals surface area contributed by atoms with Crippen LogP contribution in [0.2, 0.25) is 0 Å². The van der Waals surface area contributed by atoms with Crippen molar-refractivity contribution >= 4 is 17.0 Å². The van der Waals surface area contributed by atoms with Crippen LogP contribution in [-0.2, 0) is 13.6 Å². The fourth-order valence-corrected chi connectivity index (χ4v) is 3.43. The quantitative estimate of drug-likeness (QED) is 0.475. The number of pyridine rings is 1. The maximum absolute atomic E-state index is 13.1. The van der Waals surface area contributed by atoms with Gasteiger partial charge in [0.05, 0.1) is 40.4 Å². The van der Waals surface area contributed by atoms with Crippen molar-refractivity contribution in [3.63, 3.8) is 0 Å². The Hall–Kier alpha value is -4.27. The van der Waals surface area contributed by atoms with Crippen molar-refractivity contribution in [1.29, 1.82) is 0 Å². The summed E-state index contributed by atoms with van der Waals surface area (Å²) in [4.78, 5) is 17.6. The zero-order chi connectivity index (χ0) is 21.4. The first-order valence-corrected chi connectivity index (χ1v) is 9.72. The van der Waals surface area contributed by atoms with E-state index in [9.17, 15) is 4.79 Å². The smallest absolute Gasteiger partial charge is 0.259 e. The lowest BCUT2D eigenvalue weighted by Gasteiger charge is -2.07. The Morgan fingerprint density at radius 1 is 1.13 bits per heavy atom. The van der Waals surface area contributed by atoms with Crippen LogP contribution in [0.5, 0.6) is 0 Å². The van der Waals surface area contributed by atoms with Crippen molar-refractivity contribution < 1.29 is 9.32 Å². The molecule has 0 spiro atoms. The minimum absolute atomic E-state index is 0.240. The fourth-order valence-electron chi connectivity index (χ4n) is 3.43. The molecule has 9 heteroatoms. The molecule has 5 rings (SSSR count). The van der Waals surface area contributed by atoms with E-state index in [0.717, 1.165) is 16.8 Å². The second-order valence-corrected chi connectivity index (χ2v) is 7.22. The van der Waals surface area contributed by atoms with E-state index in [-0.39, 0.29) is 5.91 Å². The van der Waals surface area contributed by atoms with Gasteiger partial charge in [0, 0.05) is 37.1 Å². The summed E-state index contributed by atoms with van der Waals surface area (Å²) in [7, 11) is 1.82. The van der Waals surface area contributed by atoms with E-state index < -0.39 is 0 Å². The van der Waals surface area contributed by atoms with E-state index in [2.05, 4.69) is 25.7 Å². The number of hydrogen-bond acceptors (Lipinski definition) is 6. The number of aryl methyl sites for hydroxylation is 2. The van der Waals surface area contributed by atoms with Gasteiger partial charge in [0.25, 0.3) is 11.6 Å². The lowest BCUT2D eigenvalue weighted by molar-refractivity contribution is 0.0952. The molecule has 5 aromatic rings. The Morgan fingerprint density at radius 2 is 1.97 bits per heavy atom. The van der Waals surface area contributed by atoms with Gasteiger partial charge in [-0.2, -0.15) is 10.2 Å². The van der Waals surface area contributed by atoms with E-state index in [0.29, 0.717) is 34.6 Å². The topological polar surface area (TPSA) is 104 Å². The van der Waals surface area contributed by atoms with Gasteiger partial charge in [-0.05, 0) is 25.1 Å². The summed E-state index contributed by atoms with van der Waals surface area (Å²) in [5.74, 6) is -0.240. The van der Waals surface area contributed by atoms with Crippen LogP contribution in [0.15, 0.2) is 65.7 Å². The van der Waals surface area contributed by atoms with Crippen molar-refractivity contribution in [3.8, 4) is 16.9 Å². The monoisotopic (exact) mass is 413 g/mol. The summed E-state index contributed by atoms with van der Waals surface area (Å²) >= 11 is 0. The van der Waals surface area contributed by atoms with Crippen LogP contribution in [0.4, 0.5) is 0 Å². The molecule has 0 fully saturated rings. The zero-order valence-electron chi connectivity index (χ0n) is 17.0. The summed E-state index contributed by atoms with van der Waals surface area (Å²) in [6.07, 6.45) is 7.15. The molecule has 0 saturated carbocycles. The Labute approximate surface area is 177 Å². The maximum atomic E-state index is 13.1. The standard InChI is InChI=1S/C22H19N7O2/c1-14-20-18(8-19(26-22(20)31-27-14)16-11-24-28(2)13-16)21(30)23-9-15-10-25-29(12-15)17-6-4-3-5-7-17/h3-8,10-13H,9H2,1-2H3,(H,23,30). The summed E-state index contributed by atoms with van der Waals surface area (Å²) in [6, 6.07) is 11.5. The molecule has 0 unspecified atom stereocenters. The van der Waals surface area contributed by atoms with Crippen molar-refractivity contribution in [2.75, 3.05) is 0 Å². The average Bonchev–Trinajstić information content (AvgIpc) is 3.52. The van der Waals surface area contributed by atoms with E-state index in [1.165, 1.54) is 0 Å². The van der Waals surface area contributed by atoms with E-state index >= 15 is 0 Å². The number of nitrogens with one attached hydrogen (secondary N) is 1. The summed E-state index contributed by atoms with van der Waals surface area (Å²) in [6.45, 7) is 2.12. The van der Waals surface area contributed by atoms with Crippen LogP contribution < -0.4 is 5.32 Å². The molecule has 0 aliphatic heterocycles. The number of carbonyl (C=O) groups is 1. The number of fused-ring (bicyclic) bond motifs is 1. The second-order valence-electron chi connectivity index (χ2n) is 7.22. The first-order valence-electron chi connectivity index (χ1n) is 9.72. The number of benzene rings is 1. The zero-order valence-corrected chi connectivity index (χ0v) is 17.0. The average molecular weight is 413 g/mol. The summed E-state index contributed by atoms with van der Waals surface area (Å²) in [5.41, 5.74) is 4.62. The Balaban J connectivity index is 1.42. The van der Waals surface area contributed by atoms with Gasteiger partial charge in [0.2, 0.25) is 0 Å².